The second-order valence-corrected chi connectivity index (χ2v) is 5.19. The quantitative estimate of drug-likeness (QED) is 0.651. The molecule has 0 spiro atoms. The molecule has 2 rings (SSSR count). The number of esters is 1. The Morgan fingerprint density at radius 2 is 2.14 bits per heavy atom. The summed E-state index contributed by atoms with van der Waals surface area (Å²) in [7, 11) is 2.90. The molecule has 0 aliphatic rings. The van der Waals surface area contributed by atoms with Crippen LogP contribution in [-0.2, 0) is 4.74 Å². The third kappa shape index (κ3) is 3.14. The second kappa shape index (κ2) is 6.91. The van der Waals surface area contributed by atoms with Gasteiger partial charge in [-0.2, -0.15) is 5.10 Å². The van der Waals surface area contributed by atoms with Crippen LogP contribution in [0.4, 0.5) is 0 Å². The van der Waals surface area contributed by atoms with Gasteiger partial charge in [0.05, 0.1) is 13.2 Å². The number of ether oxygens (including phenoxy) is 1. The molecule has 1 heterocycles. The maximum absolute atomic E-state index is 12.0. The van der Waals surface area contributed by atoms with Crippen molar-refractivity contribution in [1.29, 1.82) is 0 Å². The third-order valence-corrected chi connectivity index (χ3v) is 3.77. The Balaban J connectivity index is 2.50. The number of carbonyl (C=O) groups is 1. The largest absolute Gasteiger partial charge is 0.464 e. The lowest BCUT2D eigenvalue weighted by Gasteiger charge is -2.16. The van der Waals surface area contributed by atoms with Gasteiger partial charge in [-0.1, -0.05) is 29.8 Å². The molecule has 0 radical (unpaired) electrons. The van der Waals surface area contributed by atoms with Crippen LogP contribution in [0.25, 0.3) is 0 Å². The summed E-state index contributed by atoms with van der Waals surface area (Å²) in [5.41, 5.74) is 1.41. The van der Waals surface area contributed by atoms with E-state index in [1.54, 1.807) is 13.1 Å². The lowest BCUT2D eigenvalue weighted by atomic mass is 10.1. The first kappa shape index (κ1) is 16.5. The summed E-state index contributed by atoms with van der Waals surface area (Å²) in [4.78, 5) is 12.0. The maximum atomic E-state index is 12.0. The van der Waals surface area contributed by atoms with Crippen molar-refractivity contribution in [2.75, 3.05) is 14.2 Å². The summed E-state index contributed by atoms with van der Waals surface area (Å²) in [6, 6.07) is 8.55. The lowest BCUT2D eigenvalue weighted by molar-refractivity contribution is 0.0585. The molecule has 2 aromatic rings. The zero-order valence-electron chi connectivity index (χ0n) is 12.6. The van der Waals surface area contributed by atoms with E-state index in [0.717, 1.165) is 5.56 Å². The highest BCUT2D eigenvalue weighted by atomic mass is 35.5. The summed E-state index contributed by atoms with van der Waals surface area (Å²) in [6.07, 6.45) is -0.969. The van der Waals surface area contributed by atoms with Crippen LogP contribution < -0.4 is 5.32 Å². The minimum Gasteiger partial charge on any atom is -0.464 e. The molecular weight excluding hydrogens is 306 g/mol. The molecule has 0 aliphatic carbocycles. The number of aromatic nitrogens is 2. The molecule has 0 fully saturated rings. The van der Waals surface area contributed by atoms with Gasteiger partial charge in [-0.15, -0.1) is 0 Å². The minimum absolute atomic E-state index is 0.249. The molecular formula is C15H18ClN3O3. The summed E-state index contributed by atoms with van der Waals surface area (Å²) in [5.74, 6) is -0.527. The van der Waals surface area contributed by atoms with E-state index in [-0.39, 0.29) is 11.7 Å². The zero-order valence-corrected chi connectivity index (χ0v) is 13.3. The first-order chi connectivity index (χ1) is 10.5. The monoisotopic (exact) mass is 323 g/mol. The van der Waals surface area contributed by atoms with Crippen molar-refractivity contribution in [3.63, 3.8) is 0 Å². The molecule has 22 heavy (non-hydrogen) atoms. The van der Waals surface area contributed by atoms with E-state index in [0.29, 0.717) is 10.7 Å². The SMILES string of the molecule is CNC(O)c1cc(C(=O)OC)n([C@@H](C)c2ccccc2Cl)n1. The van der Waals surface area contributed by atoms with Gasteiger partial charge in [0.2, 0.25) is 0 Å². The van der Waals surface area contributed by atoms with Crippen molar-refractivity contribution in [2.24, 2.45) is 0 Å². The van der Waals surface area contributed by atoms with Crippen LogP contribution in [0.3, 0.4) is 0 Å². The van der Waals surface area contributed by atoms with Gasteiger partial charge in [0, 0.05) is 5.02 Å². The molecule has 2 atom stereocenters. The fourth-order valence-corrected chi connectivity index (χ4v) is 2.49. The van der Waals surface area contributed by atoms with Crippen molar-refractivity contribution in [3.8, 4) is 0 Å². The highest BCUT2D eigenvalue weighted by Crippen LogP contribution is 2.27. The van der Waals surface area contributed by atoms with E-state index in [2.05, 4.69) is 10.4 Å². The number of hydrogen-bond acceptors (Lipinski definition) is 5. The van der Waals surface area contributed by atoms with Gasteiger partial charge in [-0.3, -0.25) is 10.00 Å². The first-order valence-electron chi connectivity index (χ1n) is 6.77. The first-order valence-corrected chi connectivity index (χ1v) is 7.15. The Hall–Kier alpha value is -1.89. The Bertz CT molecular complexity index is 672. The van der Waals surface area contributed by atoms with Crippen LogP contribution in [-0.4, -0.2) is 35.0 Å². The van der Waals surface area contributed by atoms with Gasteiger partial charge in [0.25, 0.3) is 0 Å². The van der Waals surface area contributed by atoms with Crippen LogP contribution in [0, 0.1) is 0 Å². The minimum atomic E-state index is -0.969. The van der Waals surface area contributed by atoms with Gasteiger partial charge in [0.15, 0.2) is 0 Å². The summed E-state index contributed by atoms with van der Waals surface area (Å²) < 4.78 is 6.29. The average molecular weight is 324 g/mol. The van der Waals surface area contributed by atoms with Crippen LogP contribution in [0.5, 0.6) is 0 Å². The normalized spacial score (nSPS) is 13.7. The van der Waals surface area contributed by atoms with Gasteiger partial charge in [0.1, 0.15) is 17.6 Å². The third-order valence-electron chi connectivity index (χ3n) is 3.42. The van der Waals surface area contributed by atoms with Crippen LogP contribution in [0.15, 0.2) is 30.3 Å². The van der Waals surface area contributed by atoms with E-state index in [4.69, 9.17) is 16.3 Å². The molecule has 0 amide bonds. The lowest BCUT2D eigenvalue weighted by Crippen LogP contribution is -2.18. The molecule has 0 aliphatic heterocycles. The number of aliphatic hydroxyl groups excluding tert-OH is 1. The number of rotatable bonds is 5. The molecule has 0 bridgehead atoms. The number of aliphatic hydroxyl groups is 1. The van der Waals surface area contributed by atoms with E-state index in [1.807, 2.05) is 25.1 Å². The second-order valence-electron chi connectivity index (χ2n) is 4.78. The van der Waals surface area contributed by atoms with E-state index >= 15 is 0 Å². The van der Waals surface area contributed by atoms with Gasteiger partial charge >= 0.3 is 5.97 Å². The standard InChI is InChI=1S/C15H18ClN3O3/c1-9(10-6-4-5-7-11(10)16)19-13(15(21)22-3)8-12(18-19)14(20)17-2/h4-9,14,17,20H,1-3H3/t9-,14?/m0/s1. The number of halogens is 1. The number of hydrogen-bond donors (Lipinski definition) is 2. The van der Waals surface area contributed by atoms with Gasteiger partial charge < -0.3 is 9.84 Å². The Morgan fingerprint density at radius 3 is 2.73 bits per heavy atom. The molecule has 7 heteroatoms. The molecule has 1 aromatic heterocycles. The van der Waals surface area contributed by atoms with E-state index in [1.165, 1.54) is 17.9 Å². The zero-order chi connectivity index (χ0) is 16.3. The number of benzene rings is 1. The van der Waals surface area contributed by atoms with Gasteiger partial charge in [-0.05, 0) is 31.7 Å². The van der Waals surface area contributed by atoms with Crippen LogP contribution >= 0.6 is 11.6 Å². The molecule has 6 nitrogen and oxygen atoms in total. The fraction of sp³-hybridized carbons (Fsp3) is 0.333. The van der Waals surface area contributed by atoms with Crippen molar-refractivity contribution < 1.29 is 14.6 Å². The smallest absolute Gasteiger partial charge is 0.356 e. The summed E-state index contributed by atoms with van der Waals surface area (Å²) in [5, 5.41) is 17.4. The predicted molar refractivity (Wildman–Crippen MR) is 82.9 cm³/mol. The predicted octanol–water partition coefficient (Wildman–Crippen LogP) is 2.14. The molecule has 1 aromatic carbocycles. The average Bonchev–Trinajstić information content (AvgIpc) is 2.98. The Morgan fingerprint density at radius 1 is 1.45 bits per heavy atom. The number of methoxy groups -OCH3 is 1. The summed E-state index contributed by atoms with van der Waals surface area (Å²) in [6.45, 7) is 1.87. The fourth-order valence-electron chi connectivity index (χ4n) is 2.19. The highest BCUT2D eigenvalue weighted by Gasteiger charge is 2.23. The maximum Gasteiger partial charge on any atom is 0.356 e. The Labute approximate surface area is 133 Å². The molecule has 0 saturated heterocycles. The highest BCUT2D eigenvalue weighted by molar-refractivity contribution is 6.31. The summed E-state index contributed by atoms with van der Waals surface area (Å²) >= 11 is 6.21. The van der Waals surface area contributed by atoms with Crippen LogP contribution in [0.2, 0.25) is 5.02 Å². The Kier molecular flexibility index (Phi) is 5.18. The van der Waals surface area contributed by atoms with Crippen molar-refractivity contribution in [3.05, 3.63) is 52.3 Å². The van der Waals surface area contributed by atoms with Crippen molar-refractivity contribution in [2.45, 2.75) is 19.2 Å². The molecule has 0 saturated carbocycles. The van der Waals surface area contributed by atoms with E-state index < -0.39 is 12.2 Å². The number of nitrogens with zero attached hydrogens (tertiary/aromatic N) is 2. The van der Waals surface area contributed by atoms with Gasteiger partial charge in [-0.25, -0.2) is 4.79 Å². The van der Waals surface area contributed by atoms with Crippen molar-refractivity contribution >= 4 is 17.6 Å². The van der Waals surface area contributed by atoms with E-state index in [9.17, 15) is 9.90 Å². The molecule has 2 N–H and O–H groups in total. The van der Waals surface area contributed by atoms with Crippen molar-refractivity contribution in [1.82, 2.24) is 15.1 Å². The topological polar surface area (TPSA) is 76.4 Å². The van der Waals surface area contributed by atoms with Crippen LogP contribution in [0.1, 0.15) is 40.9 Å². The number of carbonyl (C=O) groups excluding carboxylic acids is 1. The molecule has 118 valence electrons. The number of nitrogens with one attached hydrogen (secondary N) is 1. The molecule has 1 unspecified atom stereocenters.